The Bertz CT molecular complexity index is 1500. The minimum absolute atomic E-state index is 0.152. The highest BCUT2D eigenvalue weighted by Gasteiger charge is 2.14. The molecule has 3 aromatic heterocycles. The molecule has 7 nitrogen and oxygen atoms in total. The van der Waals surface area contributed by atoms with Gasteiger partial charge in [0.1, 0.15) is 11.3 Å². The first-order valence-electron chi connectivity index (χ1n) is 9.48. The van der Waals surface area contributed by atoms with Gasteiger partial charge in [0.05, 0.1) is 28.3 Å². The smallest absolute Gasteiger partial charge is 0.267 e. The number of carbonyl (C=O) groups is 1. The van der Waals surface area contributed by atoms with Gasteiger partial charge in [-0.3, -0.25) is 14.6 Å². The zero-order valence-corrected chi connectivity index (χ0v) is 17.8. The minimum atomic E-state index is -0.499. The Morgan fingerprint density at radius 3 is 2.78 bits per heavy atom. The Kier molecular flexibility index (Phi) is 5.16. The predicted octanol–water partition coefficient (Wildman–Crippen LogP) is 4.77. The average molecular weight is 467 g/mol. The summed E-state index contributed by atoms with van der Waals surface area (Å²) in [6.07, 6.45) is 1.62. The number of nitrogens with one attached hydrogen (secondary N) is 1. The molecule has 0 radical (unpaired) electrons. The highest BCUT2D eigenvalue weighted by Crippen LogP contribution is 2.26. The van der Waals surface area contributed by atoms with Crippen molar-refractivity contribution in [2.24, 2.45) is 0 Å². The third kappa shape index (κ3) is 3.63. The van der Waals surface area contributed by atoms with Crippen LogP contribution in [-0.2, 0) is 6.54 Å². The summed E-state index contributed by atoms with van der Waals surface area (Å²) >= 11 is 11.6. The third-order valence-corrected chi connectivity index (χ3v) is 5.53. The van der Waals surface area contributed by atoms with Crippen molar-refractivity contribution in [3.63, 3.8) is 0 Å². The number of nitrogens with zero attached hydrogens (tertiary/aromatic N) is 5. The molecule has 2 aromatic carbocycles. The number of amides is 1. The van der Waals surface area contributed by atoms with E-state index in [1.54, 1.807) is 48.7 Å². The molecule has 0 aliphatic rings. The molecular formula is C22H13Cl2FN6O. The third-order valence-electron chi connectivity index (χ3n) is 5.05. The molecule has 0 aliphatic carbocycles. The summed E-state index contributed by atoms with van der Waals surface area (Å²) in [5.74, 6) is -0.877. The Balaban J connectivity index is 1.53. The zero-order valence-electron chi connectivity index (χ0n) is 16.3. The lowest BCUT2D eigenvalue weighted by Crippen LogP contribution is -2.12. The molecular weight excluding hydrogens is 454 g/mol. The van der Waals surface area contributed by atoms with Crippen molar-refractivity contribution in [1.29, 1.82) is 0 Å². The quantitative estimate of drug-likeness (QED) is 0.385. The fourth-order valence-electron chi connectivity index (χ4n) is 3.45. The fourth-order valence-corrected chi connectivity index (χ4v) is 3.82. The molecule has 1 amide bonds. The van der Waals surface area contributed by atoms with E-state index in [1.165, 1.54) is 10.7 Å². The van der Waals surface area contributed by atoms with Crippen molar-refractivity contribution < 1.29 is 9.18 Å². The molecule has 0 atom stereocenters. The van der Waals surface area contributed by atoms with E-state index in [1.807, 2.05) is 10.9 Å². The highest BCUT2D eigenvalue weighted by molar-refractivity contribution is 6.35. The van der Waals surface area contributed by atoms with Crippen molar-refractivity contribution in [2.75, 3.05) is 0 Å². The number of carbonyl (C=O) groups excluding carboxylic acids is 1. The maximum absolute atomic E-state index is 14.7. The number of pyridine rings is 2. The van der Waals surface area contributed by atoms with E-state index in [4.69, 9.17) is 23.4 Å². The van der Waals surface area contributed by atoms with Crippen molar-refractivity contribution in [3.8, 4) is 11.3 Å². The van der Waals surface area contributed by atoms with Crippen LogP contribution in [0.2, 0.25) is 5.02 Å². The predicted molar refractivity (Wildman–Crippen MR) is 120 cm³/mol. The highest BCUT2D eigenvalue weighted by atomic mass is 35.5. The molecule has 0 saturated heterocycles. The van der Waals surface area contributed by atoms with Gasteiger partial charge in [-0.25, -0.2) is 14.1 Å². The minimum Gasteiger partial charge on any atom is -0.268 e. The fraction of sp³-hybridized carbons (Fsp3) is 0.0455. The van der Waals surface area contributed by atoms with Crippen LogP contribution in [-0.4, -0.2) is 30.9 Å². The number of rotatable bonds is 4. The number of halogens is 3. The first kappa shape index (κ1) is 20.3. The molecule has 0 fully saturated rings. The largest absolute Gasteiger partial charge is 0.268 e. The zero-order chi connectivity index (χ0) is 22.2. The van der Waals surface area contributed by atoms with Crippen LogP contribution in [0.15, 0.2) is 60.8 Å². The molecule has 1 N–H and O–H groups in total. The lowest BCUT2D eigenvalue weighted by molar-refractivity contribution is 0.0982. The van der Waals surface area contributed by atoms with Gasteiger partial charge in [-0.1, -0.05) is 28.9 Å². The van der Waals surface area contributed by atoms with E-state index in [2.05, 4.69) is 20.3 Å². The van der Waals surface area contributed by atoms with Gasteiger partial charge in [0.25, 0.3) is 5.91 Å². The molecule has 0 bridgehead atoms. The Hall–Kier alpha value is -3.62. The van der Waals surface area contributed by atoms with Crippen LogP contribution in [0.4, 0.5) is 4.39 Å². The second-order valence-electron chi connectivity index (χ2n) is 7.04. The van der Waals surface area contributed by atoms with Gasteiger partial charge >= 0.3 is 0 Å². The molecule has 0 saturated carbocycles. The van der Waals surface area contributed by atoms with Crippen molar-refractivity contribution >= 4 is 51.4 Å². The van der Waals surface area contributed by atoms with Gasteiger partial charge in [0.15, 0.2) is 5.65 Å². The summed E-state index contributed by atoms with van der Waals surface area (Å²) < 4.78 is 16.2. The molecule has 0 aliphatic heterocycles. The van der Waals surface area contributed by atoms with Crippen molar-refractivity contribution in [3.05, 3.63) is 82.8 Å². The molecule has 5 aromatic rings. The first-order chi connectivity index (χ1) is 15.5. The van der Waals surface area contributed by atoms with Crippen molar-refractivity contribution in [2.45, 2.75) is 6.54 Å². The van der Waals surface area contributed by atoms with Gasteiger partial charge in [-0.15, -0.1) is 5.10 Å². The first-order valence-corrected chi connectivity index (χ1v) is 10.2. The Morgan fingerprint density at radius 2 is 1.97 bits per heavy atom. The monoisotopic (exact) mass is 466 g/mol. The number of hydrogen-bond acceptors (Lipinski definition) is 5. The van der Waals surface area contributed by atoms with Crippen LogP contribution < -0.4 is 4.84 Å². The van der Waals surface area contributed by atoms with Gasteiger partial charge < -0.3 is 0 Å². The normalized spacial score (nSPS) is 11.2. The summed E-state index contributed by atoms with van der Waals surface area (Å²) in [4.78, 5) is 22.6. The SMILES string of the molecule is O=C(NCl)c1ccc(-c2ccc3nnn(Cc4cc5cccnc5cc4F)c3n2)cc1Cl. The molecule has 32 heavy (non-hydrogen) atoms. The van der Waals surface area contributed by atoms with E-state index < -0.39 is 5.91 Å². The topological polar surface area (TPSA) is 85.6 Å². The Morgan fingerprint density at radius 1 is 1.09 bits per heavy atom. The van der Waals surface area contributed by atoms with Gasteiger partial charge in [0.2, 0.25) is 0 Å². The summed E-state index contributed by atoms with van der Waals surface area (Å²) in [5.41, 5.74) is 3.64. The number of aromatic nitrogens is 5. The average Bonchev–Trinajstić information content (AvgIpc) is 3.21. The van der Waals surface area contributed by atoms with E-state index in [-0.39, 0.29) is 22.9 Å². The van der Waals surface area contributed by atoms with Crippen LogP contribution >= 0.6 is 23.4 Å². The van der Waals surface area contributed by atoms with Gasteiger partial charge in [0, 0.05) is 40.6 Å². The molecule has 158 valence electrons. The standard InChI is InChI=1S/C22H13Cl2FN6O/c23-16-9-13(3-4-15(16)22(32)28-24)18-5-6-19-21(27-18)31(30-29-19)11-14-8-12-2-1-7-26-20(12)10-17(14)25/h1-10H,11H2,(H,28,32). The van der Waals surface area contributed by atoms with Gasteiger partial charge in [-0.05, 0) is 36.4 Å². The van der Waals surface area contributed by atoms with Crippen LogP contribution in [0, 0.1) is 5.82 Å². The summed E-state index contributed by atoms with van der Waals surface area (Å²) in [6.45, 7) is 0.152. The van der Waals surface area contributed by atoms with E-state index >= 15 is 0 Å². The maximum atomic E-state index is 14.7. The lowest BCUT2D eigenvalue weighted by Gasteiger charge is -2.08. The second-order valence-corrected chi connectivity index (χ2v) is 7.64. The molecule has 5 rings (SSSR count). The lowest BCUT2D eigenvalue weighted by atomic mass is 10.1. The summed E-state index contributed by atoms with van der Waals surface area (Å²) in [6, 6.07) is 15.3. The van der Waals surface area contributed by atoms with E-state index in [9.17, 15) is 9.18 Å². The number of fused-ring (bicyclic) bond motifs is 2. The van der Waals surface area contributed by atoms with Crippen LogP contribution in [0.5, 0.6) is 0 Å². The summed E-state index contributed by atoms with van der Waals surface area (Å²) in [5, 5.41) is 9.34. The van der Waals surface area contributed by atoms with Crippen LogP contribution in [0.3, 0.4) is 0 Å². The van der Waals surface area contributed by atoms with E-state index in [0.29, 0.717) is 33.5 Å². The number of benzene rings is 2. The second kappa shape index (κ2) is 8.14. The molecule has 0 spiro atoms. The van der Waals surface area contributed by atoms with Crippen molar-refractivity contribution in [1.82, 2.24) is 29.8 Å². The molecule has 0 unspecified atom stereocenters. The van der Waals surface area contributed by atoms with Crippen LogP contribution in [0.1, 0.15) is 15.9 Å². The Labute approximate surface area is 190 Å². The maximum Gasteiger partial charge on any atom is 0.267 e. The molecule has 10 heteroatoms. The van der Waals surface area contributed by atoms with Crippen LogP contribution in [0.25, 0.3) is 33.3 Å². The molecule has 3 heterocycles. The van der Waals surface area contributed by atoms with E-state index in [0.717, 1.165) is 5.39 Å². The summed E-state index contributed by atoms with van der Waals surface area (Å²) in [7, 11) is 0. The van der Waals surface area contributed by atoms with Gasteiger partial charge in [-0.2, -0.15) is 0 Å². The number of hydrogen-bond donors (Lipinski definition) is 1.